The average Bonchev–Trinajstić information content (AvgIpc) is 3.40. The molecular formula is C68H110O6. The monoisotopic (exact) mass is 1020 g/mol. The van der Waals surface area contributed by atoms with E-state index in [1.807, 2.05) is 0 Å². The minimum Gasteiger partial charge on any atom is -0.462 e. The summed E-state index contributed by atoms with van der Waals surface area (Å²) in [7, 11) is 0. The largest absolute Gasteiger partial charge is 0.462 e. The Labute approximate surface area is 455 Å². The van der Waals surface area contributed by atoms with Crippen LogP contribution in [0.15, 0.2) is 134 Å². The maximum Gasteiger partial charge on any atom is 0.306 e. The zero-order chi connectivity index (χ0) is 53.6. The van der Waals surface area contributed by atoms with Crippen molar-refractivity contribution in [2.45, 2.75) is 264 Å². The van der Waals surface area contributed by atoms with E-state index in [-0.39, 0.29) is 31.1 Å². The lowest BCUT2D eigenvalue weighted by Crippen LogP contribution is -2.30. The number of rotatable bonds is 53. The molecule has 0 aromatic carbocycles. The Balaban J connectivity index is 4.46. The highest BCUT2D eigenvalue weighted by Gasteiger charge is 2.19. The molecule has 6 nitrogen and oxygen atoms in total. The summed E-state index contributed by atoms with van der Waals surface area (Å²) < 4.78 is 16.9. The maximum absolute atomic E-state index is 12.9. The van der Waals surface area contributed by atoms with Gasteiger partial charge in [0.15, 0.2) is 6.10 Å². The first-order valence-electron chi connectivity index (χ1n) is 30.2. The molecular weight excluding hydrogens is 913 g/mol. The van der Waals surface area contributed by atoms with Crippen molar-refractivity contribution in [2.75, 3.05) is 13.2 Å². The molecule has 0 aliphatic carbocycles. The Hall–Kier alpha value is -4.45. The van der Waals surface area contributed by atoms with E-state index in [1.54, 1.807) is 0 Å². The molecule has 0 saturated heterocycles. The highest BCUT2D eigenvalue weighted by Crippen LogP contribution is 2.14. The molecule has 0 aromatic rings. The summed E-state index contributed by atoms with van der Waals surface area (Å²) in [5, 5.41) is 0. The standard InChI is InChI=1S/C68H110O6/c1-4-7-10-13-16-19-22-25-28-30-32-34-36-38-40-43-46-49-52-55-58-61-67(70)73-64-65(63-72-66(69)60-57-54-51-48-45-42-27-24-21-18-15-12-9-6-3)74-68(71)62-59-56-53-50-47-44-41-39-37-35-33-31-29-26-23-20-17-14-11-8-5-2/h7-8,10-11,15-20,24-29,32-35,38,40,65H,4-6,9,12-14,21-23,30-31,36-37,39,41-64H2,1-3H3/b10-7-,11-8-,18-15-,19-16-,20-17-,27-24-,28-25-,29-26-,34-32-,35-33-,40-38-. The van der Waals surface area contributed by atoms with Crippen LogP contribution in [0.1, 0.15) is 258 Å². The first kappa shape index (κ1) is 69.5. The van der Waals surface area contributed by atoms with E-state index >= 15 is 0 Å². The van der Waals surface area contributed by atoms with Crippen molar-refractivity contribution in [3.8, 4) is 0 Å². The summed E-state index contributed by atoms with van der Waals surface area (Å²) in [4.78, 5) is 38.3. The van der Waals surface area contributed by atoms with Crippen LogP contribution in [0.3, 0.4) is 0 Å². The first-order chi connectivity index (χ1) is 36.5. The quantitative estimate of drug-likeness (QED) is 0.0261. The van der Waals surface area contributed by atoms with Crippen molar-refractivity contribution in [1.82, 2.24) is 0 Å². The zero-order valence-corrected chi connectivity index (χ0v) is 47.8. The van der Waals surface area contributed by atoms with E-state index in [0.29, 0.717) is 19.3 Å². The van der Waals surface area contributed by atoms with Crippen LogP contribution in [0.2, 0.25) is 0 Å². The van der Waals surface area contributed by atoms with E-state index < -0.39 is 6.10 Å². The molecule has 0 amide bonds. The molecule has 0 rings (SSSR count). The van der Waals surface area contributed by atoms with Gasteiger partial charge in [-0.2, -0.15) is 0 Å². The van der Waals surface area contributed by atoms with Gasteiger partial charge in [0, 0.05) is 19.3 Å². The Bertz CT molecular complexity index is 1600. The normalized spacial score (nSPS) is 13.1. The van der Waals surface area contributed by atoms with E-state index in [9.17, 15) is 14.4 Å². The number of allylic oxidation sites excluding steroid dienone is 22. The Morgan fingerprint density at radius 2 is 0.527 bits per heavy atom. The molecule has 0 aromatic heterocycles. The second-order valence-corrected chi connectivity index (χ2v) is 19.5. The van der Waals surface area contributed by atoms with Crippen LogP contribution in [0.4, 0.5) is 0 Å². The number of hydrogen-bond acceptors (Lipinski definition) is 6. The third-order valence-corrected chi connectivity index (χ3v) is 12.4. The molecule has 1 atom stereocenters. The fourth-order valence-electron chi connectivity index (χ4n) is 7.89. The lowest BCUT2D eigenvalue weighted by atomic mass is 10.1. The second-order valence-electron chi connectivity index (χ2n) is 19.5. The summed E-state index contributed by atoms with van der Waals surface area (Å²) in [5.74, 6) is -0.940. The third-order valence-electron chi connectivity index (χ3n) is 12.4. The first-order valence-corrected chi connectivity index (χ1v) is 30.2. The van der Waals surface area contributed by atoms with Gasteiger partial charge in [0.1, 0.15) is 13.2 Å². The molecule has 0 bridgehead atoms. The van der Waals surface area contributed by atoms with Gasteiger partial charge >= 0.3 is 17.9 Å². The minimum atomic E-state index is -0.803. The molecule has 1 unspecified atom stereocenters. The number of carbonyl (C=O) groups is 3. The molecule has 0 heterocycles. The van der Waals surface area contributed by atoms with Crippen molar-refractivity contribution >= 4 is 17.9 Å². The number of esters is 3. The lowest BCUT2D eigenvalue weighted by molar-refractivity contribution is -0.167. The third kappa shape index (κ3) is 58.4. The van der Waals surface area contributed by atoms with Crippen LogP contribution in [0.5, 0.6) is 0 Å². The van der Waals surface area contributed by atoms with Gasteiger partial charge in [0.2, 0.25) is 0 Å². The topological polar surface area (TPSA) is 78.9 Å². The van der Waals surface area contributed by atoms with Crippen LogP contribution in [0.25, 0.3) is 0 Å². The van der Waals surface area contributed by atoms with Gasteiger partial charge in [-0.15, -0.1) is 0 Å². The van der Waals surface area contributed by atoms with Crippen molar-refractivity contribution < 1.29 is 28.6 Å². The molecule has 0 spiro atoms. The summed E-state index contributed by atoms with van der Waals surface area (Å²) in [6.07, 6.45) is 85.8. The van der Waals surface area contributed by atoms with Crippen LogP contribution in [0, 0.1) is 0 Å². The molecule has 0 aliphatic rings. The summed E-state index contributed by atoms with van der Waals surface area (Å²) in [6.45, 7) is 6.34. The molecule has 0 radical (unpaired) electrons. The van der Waals surface area contributed by atoms with Gasteiger partial charge in [-0.1, -0.05) is 244 Å². The van der Waals surface area contributed by atoms with E-state index in [1.165, 1.54) is 51.4 Å². The van der Waals surface area contributed by atoms with Crippen molar-refractivity contribution in [1.29, 1.82) is 0 Å². The van der Waals surface area contributed by atoms with Gasteiger partial charge in [-0.05, 0) is 128 Å². The predicted octanol–water partition coefficient (Wildman–Crippen LogP) is 20.6. The summed E-state index contributed by atoms with van der Waals surface area (Å²) in [5.41, 5.74) is 0. The van der Waals surface area contributed by atoms with Crippen LogP contribution in [-0.2, 0) is 28.6 Å². The number of unbranched alkanes of at least 4 members (excludes halogenated alkanes) is 20. The molecule has 0 aliphatic heterocycles. The molecule has 74 heavy (non-hydrogen) atoms. The highest BCUT2D eigenvalue weighted by atomic mass is 16.6. The van der Waals surface area contributed by atoms with Gasteiger partial charge in [0.05, 0.1) is 0 Å². The van der Waals surface area contributed by atoms with Crippen LogP contribution < -0.4 is 0 Å². The van der Waals surface area contributed by atoms with Crippen molar-refractivity contribution in [2.24, 2.45) is 0 Å². The van der Waals surface area contributed by atoms with Gasteiger partial charge in [-0.25, -0.2) is 0 Å². The second kappa shape index (κ2) is 61.1. The van der Waals surface area contributed by atoms with Gasteiger partial charge in [-0.3, -0.25) is 14.4 Å². The Morgan fingerprint density at radius 3 is 0.824 bits per heavy atom. The summed E-state index contributed by atoms with van der Waals surface area (Å²) >= 11 is 0. The maximum atomic E-state index is 12.9. The Morgan fingerprint density at radius 1 is 0.284 bits per heavy atom. The van der Waals surface area contributed by atoms with E-state index in [0.717, 1.165) is 167 Å². The van der Waals surface area contributed by atoms with Gasteiger partial charge in [0.25, 0.3) is 0 Å². The van der Waals surface area contributed by atoms with Crippen molar-refractivity contribution in [3.63, 3.8) is 0 Å². The fourth-order valence-corrected chi connectivity index (χ4v) is 7.89. The fraction of sp³-hybridized carbons (Fsp3) is 0.632. The molecule has 418 valence electrons. The molecule has 0 N–H and O–H groups in total. The van der Waals surface area contributed by atoms with Gasteiger partial charge < -0.3 is 14.2 Å². The minimum absolute atomic E-state index is 0.0991. The highest BCUT2D eigenvalue weighted by molar-refractivity contribution is 5.71. The summed E-state index contributed by atoms with van der Waals surface area (Å²) in [6, 6.07) is 0. The lowest BCUT2D eigenvalue weighted by Gasteiger charge is -2.18. The molecule has 0 saturated carbocycles. The zero-order valence-electron chi connectivity index (χ0n) is 47.8. The average molecular weight is 1020 g/mol. The number of hydrogen-bond donors (Lipinski definition) is 0. The predicted molar refractivity (Wildman–Crippen MR) is 320 cm³/mol. The van der Waals surface area contributed by atoms with Crippen molar-refractivity contribution in [3.05, 3.63) is 134 Å². The Kier molecular flexibility index (Phi) is 57.4. The smallest absolute Gasteiger partial charge is 0.306 e. The van der Waals surface area contributed by atoms with E-state index in [4.69, 9.17) is 14.2 Å². The molecule has 0 fully saturated rings. The number of carbonyl (C=O) groups excluding carboxylic acids is 3. The molecule has 6 heteroatoms. The van der Waals surface area contributed by atoms with Crippen LogP contribution in [-0.4, -0.2) is 37.2 Å². The number of ether oxygens (including phenoxy) is 3. The van der Waals surface area contributed by atoms with E-state index in [2.05, 4.69) is 154 Å². The van der Waals surface area contributed by atoms with Crippen LogP contribution >= 0.6 is 0 Å². The SMILES string of the molecule is CC/C=C\C/C=C\C/C=C\C/C=C\C/C=C\CCCCCCCC(=O)OCC(COC(=O)CCCCCCC/C=C\C/C=C\CCCC)OC(=O)CCCCCCCCCC/C=C\C/C=C\C/C=C\C/C=C\CC.